The van der Waals surface area contributed by atoms with Crippen LogP contribution in [0, 0.1) is 0 Å². The van der Waals surface area contributed by atoms with Gasteiger partial charge in [0, 0.05) is 11.6 Å². The van der Waals surface area contributed by atoms with Gasteiger partial charge in [0.05, 0.1) is 33.0 Å². The smallest absolute Gasteiger partial charge is 0.403 e. The summed E-state index contributed by atoms with van der Waals surface area (Å²) in [5.74, 6) is 0. The van der Waals surface area contributed by atoms with E-state index in [1.165, 1.54) is 0 Å². The van der Waals surface area contributed by atoms with E-state index in [0.29, 0.717) is 26.4 Å². The molecule has 0 atom stereocenters. The molecule has 0 saturated carbocycles. The van der Waals surface area contributed by atoms with Gasteiger partial charge in [0.15, 0.2) is 0 Å². The van der Waals surface area contributed by atoms with Crippen molar-refractivity contribution in [2.24, 2.45) is 0 Å². The molecule has 0 aromatic rings. The quantitative estimate of drug-likeness (QED) is 0.466. The summed E-state index contributed by atoms with van der Waals surface area (Å²) in [4.78, 5) is 10.1. The number of aliphatic hydroxyl groups excluding tert-OH is 1. The van der Waals surface area contributed by atoms with Crippen molar-refractivity contribution in [2.45, 2.75) is 0 Å². The number of halogens is 1. The molecule has 0 rings (SSSR count). The monoisotopic (exact) mass is 212 g/mol. The van der Waals surface area contributed by atoms with Crippen molar-refractivity contribution in [3.8, 4) is 0 Å². The molecule has 6 heteroatoms. The minimum Gasteiger partial charge on any atom is -0.451 e. The van der Waals surface area contributed by atoms with Crippen LogP contribution in [0.2, 0.25) is 0 Å². The normalized spacial score (nSPS) is 10.0. The number of rotatable bonds is 8. The molecule has 0 radical (unpaired) electrons. The molecule has 0 unspecified atom stereocenters. The average molecular weight is 213 g/mol. The Morgan fingerprint density at radius 2 is 1.62 bits per heavy atom. The highest BCUT2D eigenvalue weighted by molar-refractivity contribution is 6.61. The molecule has 0 aliphatic carbocycles. The molecule has 5 nitrogen and oxygen atoms in total. The first-order chi connectivity index (χ1) is 6.27. The molecule has 0 aliphatic rings. The van der Waals surface area contributed by atoms with Crippen LogP contribution in [0.4, 0.5) is 4.79 Å². The standard InChI is InChI=1S/C7H13ClO5/c8-7(10)13-6-5-12-4-3-11-2-1-9/h9H,1-6H2. The predicted octanol–water partition coefficient (Wildman–Crippen LogP) is 0.387. The zero-order valence-corrected chi connectivity index (χ0v) is 7.96. The number of carbonyl (C=O) groups excluding carboxylic acids is 1. The Morgan fingerprint density at radius 1 is 1.08 bits per heavy atom. The first kappa shape index (κ1) is 12.6. The molecule has 0 spiro atoms. The number of hydrogen-bond donors (Lipinski definition) is 1. The molecule has 0 aromatic heterocycles. The lowest BCUT2D eigenvalue weighted by molar-refractivity contribution is 0.0209. The Kier molecular flexibility index (Phi) is 9.46. The van der Waals surface area contributed by atoms with Crippen molar-refractivity contribution in [1.82, 2.24) is 0 Å². The van der Waals surface area contributed by atoms with Gasteiger partial charge in [0.25, 0.3) is 0 Å². The second-order valence-electron chi connectivity index (χ2n) is 2.03. The van der Waals surface area contributed by atoms with Crippen LogP contribution in [-0.2, 0) is 14.2 Å². The van der Waals surface area contributed by atoms with Gasteiger partial charge in [0.1, 0.15) is 6.61 Å². The van der Waals surface area contributed by atoms with E-state index in [1.807, 2.05) is 0 Å². The van der Waals surface area contributed by atoms with Crippen LogP contribution in [0.15, 0.2) is 0 Å². The highest BCUT2D eigenvalue weighted by Gasteiger charge is 1.94. The largest absolute Gasteiger partial charge is 0.451 e. The number of carbonyl (C=O) groups is 1. The maximum Gasteiger partial charge on any atom is 0.403 e. The summed E-state index contributed by atoms with van der Waals surface area (Å²) in [5, 5.41) is 8.33. The fourth-order valence-electron chi connectivity index (χ4n) is 0.567. The van der Waals surface area contributed by atoms with Crippen LogP contribution >= 0.6 is 11.6 Å². The Bertz CT molecular complexity index is 130. The third kappa shape index (κ3) is 11.6. The fraction of sp³-hybridized carbons (Fsp3) is 0.857. The molecule has 0 fully saturated rings. The second kappa shape index (κ2) is 9.73. The lowest BCUT2D eigenvalue weighted by Gasteiger charge is -2.04. The van der Waals surface area contributed by atoms with Crippen LogP contribution in [0.3, 0.4) is 0 Å². The minimum absolute atomic E-state index is 0.00383. The predicted molar refractivity (Wildman–Crippen MR) is 45.9 cm³/mol. The summed E-state index contributed by atoms with van der Waals surface area (Å²) in [6.45, 7) is 1.56. The van der Waals surface area contributed by atoms with Crippen molar-refractivity contribution >= 4 is 17.0 Å². The molecule has 0 heterocycles. The molecule has 0 aromatic carbocycles. The summed E-state index contributed by atoms with van der Waals surface area (Å²) >= 11 is 4.89. The van der Waals surface area contributed by atoms with Crippen molar-refractivity contribution in [3.05, 3.63) is 0 Å². The summed E-state index contributed by atoms with van der Waals surface area (Å²) in [7, 11) is 0. The molecule has 1 N–H and O–H groups in total. The van der Waals surface area contributed by atoms with E-state index in [0.717, 1.165) is 0 Å². The topological polar surface area (TPSA) is 65.0 Å². The molecule has 0 saturated heterocycles. The number of ether oxygens (including phenoxy) is 3. The van der Waals surface area contributed by atoms with Gasteiger partial charge < -0.3 is 19.3 Å². The van der Waals surface area contributed by atoms with Gasteiger partial charge in [-0.1, -0.05) is 0 Å². The Balaban J connectivity index is 2.87. The summed E-state index contributed by atoms with van der Waals surface area (Å²) in [6, 6.07) is 0. The molecule has 0 aliphatic heterocycles. The van der Waals surface area contributed by atoms with Gasteiger partial charge in [-0.15, -0.1) is 0 Å². The third-order valence-electron chi connectivity index (χ3n) is 1.05. The second-order valence-corrected chi connectivity index (χ2v) is 2.34. The minimum atomic E-state index is -0.833. The van der Waals surface area contributed by atoms with Crippen LogP contribution in [0.25, 0.3) is 0 Å². The van der Waals surface area contributed by atoms with E-state index < -0.39 is 5.43 Å². The van der Waals surface area contributed by atoms with Crippen molar-refractivity contribution in [2.75, 3.05) is 39.6 Å². The first-order valence-corrected chi connectivity index (χ1v) is 4.23. The molecule has 13 heavy (non-hydrogen) atoms. The highest BCUT2D eigenvalue weighted by Crippen LogP contribution is 1.86. The number of hydrogen-bond acceptors (Lipinski definition) is 5. The number of aliphatic hydroxyl groups is 1. The van der Waals surface area contributed by atoms with E-state index in [4.69, 9.17) is 26.2 Å². The Hall–Kier alpha value is -0.360. The van der Waals surface area contributed by atoms with Crippen molar-refractivity contribution in [1.29, 1.82) is 0 Å². The van der Waals surface area contributed by atoms with Gasteiger partial charge in [-0.2, -0.15) is 0 Å². The first-order valence-electron chi connectivity index (χ1n) is 3.86. The van der Waals surface area contributed by atoms with Gasteiger partial charge in [-0.05, 0) is 0 Å². The molecule has 78 valence electrons. The average Bonchev–Trinajstić information content (AvgIpc) is 2.09. The maximum absolute atomic E-state index is 10.1. The van der Waals surface area contributed by atoms with Gasteiger partial charge in [0.2, 0.25) is 0 Å². The van der Waals surface area contributed by atoms with Gasteiger partial charge in [-0.3, -0.25) is 0 Å². The van der Waals surface area contributed by atoms with E-state index in [2.05, 4.69) is 4.74 Å². The van der Waals surface area contributed by atoms with Gasteiger partial charge in [-0.25, -0.2) is 4.79 Å². The lowest BCUT2D eigenvalue weighted by Crippen LogP contribution is -2.11. The zero-order valence-electron chi connectivity index (χ0n) is 7.20. The highest BCUT2D eigenvalue weighted by atomic mass is 35.5. The summed E-state index contributed by atoms with van der Waals surface area (Å²) in [6.07, 6.45) is 0. The van der Waals surface area contributed by atoms with Crippen LogP contribution in [0.5, 0.6) is 0 Å². The van der Waals surface area contributed by atoms with E-state index in [1.54, 1.807) is 0 Å². The van der Waals surface area contributed by atoms with Gasteiger partial charge >= 0.3 is 5.43 Å². The van der Waals surface area contributed by atoms with Crippen LogP contribution in [-0.4, -0.2) is 50.2 Å². The summed E-state index contributed by atoms with van der Waals surface area (Å²) in [5.41, 5.74) is -0.833. The lowest BCUT2D eigenvalue weighted by atomic mass is 10.7. The third-order valence-corrected chi connectivity index (χ3v) is 1.16. The molecular weight excluding hydrogens is 200 g/mol. The zero-order chi connectivity index (χ0) is 9.94. The van der Waals surface area contributed by atoms with Crippen LogP contribution < -0.4 is 0 Å². The Morgan fingerprint density at radius 3 is 2.15 bits per heavy atom. The SMILES string of the molecule is O=C(Cl)OCCOCCOCCO. The van der Waals surface area contributed by atoms with E-state index in [-0.39, 0.29) is 13.2 Å². The molecular formula is C7H13ClO5. The summed E-state index contributed by atoms with van der Waals surface area (Å²) < 4.78 is 14.3. The van der Waals surface area contributed by atoms with E-state index >= 15 is 0 Å². The Labute approximate surface area is 81.5 Å². The van der Waals surface area contributed by atoms with Crippen molar-refractivity contribution in [3.63, 3.8) is 0 Å². The van der Waals surface area contributed by atoms with Crippen molar-refractivity contribution < 1.29 is 24.1 Å². The van der Waals surface area contributed by atoms with Crippen LogP contribution in [0.1, 0.15) is 0 Å². The molecule has 0 amide bonds. The van der Waals surface area contributed by atoms with E-state index in [9.17, 15) is 4.79 Å². The molecule has 0 bridgehead atoms. The maximum atomic E-state index is 10.1. The fourth-order valence-corrected chi connectivity index (χ4v) is 0.645.